The molecular weight excluding hydrogens is 170 g/mol. The minimum atomic E-state index is 0.304. The van der Waals surface area contributed by atoms with Gasteiger partial charge in [0.25, 0.3) is 5.95 Å². The number of nitrogens with zero attached hydrogens (tertiary/aromatic N) is 3. The highest BCUT2D eigenvalue weighted by molar-refractivity contribution is 5.29. The minimum absolute atomic E-state index is 0.304. The molecule has 0 bridgehead atoms. The van der Waals surface area contributed by atoms with Gasteiger partial charge in [0, 0.05) is 27.1 Å². The van der Waals surface area contributed by atoms with Gasteiger partial charge >= 0.3 is 0 Å². The van der Waals surface area contributed by atoms with E-state index in [0.29, 0.717) is 17.9 Å². The molecule has 13 heavy (non-hydrogen) atoms. The Morgan fingerprint density at radius 2 is 2.46 bits per heavy atom. The molecule has 0 N–H and O–H groups in total. The van der Waals surface area contributed by atoms with Crippen LogP contribution in [0.3, 0.4) is 0 Å². The van der Waals surface area contributed by atoms with Crippen molar-refractivity contribution in [3.63, 3.8) is 0 Å². The van der Waals surface area contributed by atoms with E-state index >= 15 is 0 Å². The first-order valence-electron chi connectivity index (χ1n) is 4.37. The third-order valence-corrected chi connectivity index (χ3v) is 2.28. The largest absolute Gasteiger partial charge is 0.380 e. The molecule has 0 aliphatic carbocycles. The summed E-state index contributed by atoms with van der Waals surface area (Å²) in [7, 11) is 1.73. The zero-order valence-corrected chi connectivity index (χ0v) is 7.86. The van der Waals surface area contributed by atoms with E-state index < -0.39 is 0 Å². The summed E-state index contributed by atoms with van der Waals surface area (Å²) in [6.45, 7) is 3.59. The van der Waals surface area contributed by atoms with Crippen LogP contribution in [-0.4, -0.2) is 36.4 Å². The van der Waals surface area contributed by atoms with Gasteiger partial charge in [0.05, 0.1) is 6.10 Å². The van der Waals surface area contributed by atoms with Crippen LogP contribution in [-0.2, 0) is 4.74 Å². The van der Waals surface area contributed by atoms with E-state index in [-0.39, 0.29) is 0 Å². The highest BCUT2D eigenvalue weighted by atomic mass is 16.5. The fraction of sp³-hybridized carbons (Fsp3) is 0.750. The van der Waals surface area contributed by atoms with Gasteiger partial charge in [0.2, 0.25) is 5.89 Å². The molecule has 1 fully saturated rings. The molecule has 1 saturated heterocycles. The van der Waals surface area contributed by atoms with Crippen LogP contribution < -0.4 is 4.90 Å². The fourth-order valence-corrected chi connectivity index (χ4v) is 1.52. The van der Waals surface area contributed by atoms with Gasteiger partial charge in [-0.1, -0.05) is 0 Å². The molecule has 1 aromatic heterocycles. The second-order valence-electron chi connectivity index (χ2n) is 3.21. The molecule has 5 heteroatoms. The molecule has 5 nitrogen and oxygen atoms in total. The lowest BCUT2D eigenvalue weighted by atomic mass is 10.3. The van der Waals surface area contributed by atoms with Crippen molar-refractivity contribution in [2.24, 2.45) is 0 Å². The van der Waals surface area contributed by atoms with E-state index in [4.69, 9.17) is 9.26 Å². The van der Waals surface area contributed by atoms with Crippen LogP contribution >= 0.6 is 0 Å². The van der Waals surface area contributed by atoms with Crippen molar-refractivity contribution in [3.8, 4) is 0 Å². The van der Waals surface area contributed by atoms with Crippen LogP contribution in [0.4, 0.5) is 5.95 Å². The summed E-state index contributed by atoms with van der Waals surface area (Å²) in [6.07, 6.45) is 1.34. The second kappa shape index (κ2) is 3.33. The Hall–Kier alpha value is -1.10. The fourth-order valence-electron chi connectivity index (χ4n) is 1.52. The lowest BCUT2D eigenvalue weighted by Gasteiger charge is -2.11. The van der Waals surface area contributed by atoms with Crippen LogP contribution in [0.15, 0.2) is 4.52 Å². The predicted octanol–water partition coefficient (Wildman–Crippen LogP) is 0.603. The van der Waals surface area contributed by atoms with E-state index in [0.717, 1.165) is 19.5 Å². The highest BCUT2D eigenvalue weighted by Gasteiger charge is 2.24. The third kappa shape index (κ3) is 1.65. The number of aryl methyl sites for hydroxylation is 1. The van der Waals surface area contributed by atoms with Gasteiger partial charge < -0.3 is 14.2 Å². The lowest BCUT2D eigenvalue weighted by Crippen LogP contribution is -2.23. The van der Waals surface area contributed by atoms with E-state index in [1.807, 2.05) is 0 Å². The van der Waals surface area contributed by atoms with E-state index in [9.17, 15) is 0 Å². The Bertz CT molecular complexity index is 287. The van der Waals surface area contributed by atoms with Gasteiger partial charge in [0.15, 0.2) is 0 Å². The van der Waals surface area contributed by atoms with Crippen LogP contribution in [0.5, 0.6) is 0 Å². The molecule has 2 rings (SSSR count). The lowest BCUT2D eigenvalue weighted by molar-refractivity contribution is 0.121. The Labute approximate surface area is 76.7 Å². The number of aromatic nitrogens is 2. The molecule has 72 valence electrons. The smallest absolute Gasteiger partial charge is 0.266 e. The molecular formula is C8H13N3O2. The molecule has 1 aliphatic rings. The summed E-state index contributed by atoms with van der Waals surface area (Å²) < 4.78 is 10.1. The molecule has 1 aromatic rings. The second-order valence-corrected chi connectivity index (χ2v) is 3.21. The molecule has 0 saturated carbocycles. The van der Waals surface area contributed by atoms with Crippen molar-refractivity contribution in [2.75, 3.05) is 25.1 Å². The van der Waals surface area contributed by atoms with Gasteiger partial charge in [-0.3, -0.25) is 0 Å². The van der Waals surface area contributed by atoms with Gasteiger partial charge in [-0.2, -0.15) is 4.98 Å². The number of methoxy groups -OCH3 is 1. The van der Waals surface area contributed by atoms with Gasteiger partial charge in [-0.15, -0.1) is 0 Å². The average Bonchev–Trinajstić information content (AvgIpc) is 2.71. The van der Waals surface area contributed by atoms with Crippen molar-refractivity contribution < 1.29 is 9.26 Å². The molecule has 0 radical (unpaired) electrons. The first kappa shape index (κ1) is 8.50. The predicted molar refractivity (Wildman–Crippen MR) is 46.7 cm³/mol. The highest BCUT2D eigenvalue weighted by Crippen LogP contribution is 2.17. The van der Waals surface area contributed by atoms with Crippen molar-refractivity contribution in [2.45, 2.75) is 19.4 Å². The number of hydrogen-bond donors (Lipinski definition) is 0. The van der Waals surface area contributed by atoms with E-state index in [2.05, 4.69) is 15.0 Å². The summed E-state index contributed by atoms with van der Waals surface area (Å²) in [5.41, 5.74) is 0. The third-order valence-electron chi connectivity index (χ3n) is 2.28. The zero-order valence-electron chi connectivity index (χ0n) is 7.86. The summed E-state index contributed by atoms with van der Waals surface area (Å²) in [5.74, 6) is 1.29. The van der Waals surface area contributed by atoms with Crippen molar-refractivity contribution in [1.82, 2.24) is 10.1 Å². The van der Waals surface area contributed by atoms with Crippen LogP contribution in [0.25, 0.3) is 0 Å². The van der Waals surface area contributed by atoms with E-state index in [1.165, 1.54) is 0 Å². The first-order valence-corrected chi connectivity index (χ1v) is 4.37. The Kier molecular flexibility index (Phi) is 2.18. The molecule has 0 aromatic carbocycles. The van der Waals surface area contributed by atoms with E-state index in [1.54, 1.807) is 14.0 Å². The average molecular weight is 183 g/mol. The number of rotatable bonds is 2. The molecule has 1 unspecified atom stereocenters. The van der Waals surface area contributed by atoms with Crippen molar-refractivity contribution in [3.05, 3.63) is 5.89 Å². The minimum Gasteiger partial charge on any atom is -0.380 e. The summed E-state index contributed by atoms with van der Waals surface area (Å²) in [6, 6.07) is 0. The summed E-state index contributed by atoms with van der Waals surface area (Å²) >= 11 is 0. The monoisotopic (exact) mass is 183 g/mol. The van der Waals surface area contributed by atoms with Gasteiger partial charge in [0.1, 0.15) is 0 Å². The first-order chi connectivity index (χ1) is 6.29. The quantitative estimate of drug-likeness (QED) is 0.672. The van der Waals surface area contributed by atoms with Crippen molar-refractivity contribution >= 4 is 5.95 Å². The van der Waals surface area contributed by atoms with Crippen LogP contribution in [0, 0.1) is 6.92 Å². The maximum Gasteiger partial charge on any atom is 0.266 e. The zero-order chi connectivity index (χ0) is 9.26. The molecule has 0 amide bonds. The Morgan fingerprint density at radius 3 is 3.00 bits per heavy atom. The maximum absolute atomic E-state index is 5.24. The van der Waals surface area contributed by atoms with Crippen molar-refractivity contribution in [1.29, 1.82) is 0 Å². The molecule has 0 spiro atoms. The molecule has 1 aliphatic heterocycles. The normalized spacial score (nSPS) is 22.6. The summed E-state index contributed by atoms with van der Waals surface area (Å²) in [4.78, 5) is 6.23. The molecule has 2 heterocycles. The van der Waals surface area contributed by atoms with Crippen LogP contribution in [0.2, 0.25) is 0 Å². The SMILES string of the molecule is COC1CCN(c2noc(C)n2)C1. The van der Waals surface area contributed by atoms with Gasteiger partial charge in [-0.05, 0) is 11.6 Å². The number of anilines is 1. The topological polar surface area (TPSA) is 51.4 Å². The molecule has 1 atom stereocenters. The van der Waals surface area contributed by atoms with Crippen LogP contribution in [0.1, 0.15) is 12.3 Å². The van der Waals surface area contributed by atoms with Gasteiger partial charge in [-0.25, -0.2) is 0 Å². The standard InChI is InChI=1S/C8H13N3O2/c1-6-9-8(10-13-6)11-4-3-7(5-11)12-2/h7H,3-5H2,1-2H3. The number of hydrogen-bond acceptors (Lipinski definition) is 5. The maximum atomic E-state index is 5.24. The Morgan fingerprint density at radius 1 is 1.62 bits per heavy atom. The number of ether oxygens (including phenoxy) is 1. The summed E-state index contributed by atoms with van der Waals surface area (Å²) in [5, 5.41) is 3.85. The Balaban J connectivity index is 2.03.